The molecular weight excluding hydrogens is 398 g/mol. The van der Waals surface area contributed by atoms with Gasteiger partial charge in [-0.3, -0.25) is 4.90 Å². The smallest absolute Gasteiger partial charge is 0.191 e. The summed E-state index contributed by atoms with van der Waals surface area (Å²) >= 11 is 5.99. The molecule has 2 aromatic rings. The number of halogens is 1. The number of piperazine rings is 1. The quantitative estimate of drug-likeness (QED) is 0.587. The molecule has 2 aliphatic rings. The van der Waals surface area contributed by atoms with Crippen LogP contribution in [-0.2, 0) is 17.8 Å². The molecular formula is C23H30ClN5O. The summed E-state index contributed by atoms with van der Waals surface area (Å²) in [6.07, 6.45) is 0. The van der Waals surface area contributed by atoms with Crippen molar-refractivity contribution in [3.63, 3.8) is 0 Å². The topological polar surface area (TPSA) is 57.3 Å². The number of hydrogen-bond acceptors (Lipinski definition) is 4. The summed E-state index contributed by atoms with van der Waals surface area (Å²) in [6, 6.07) is 16.7. The summed E-state index contributed by atoms with van der Waals surface area (Å²) in [6.45, 7) is 8.80. The first kappa shape index (κ1) is 21.0. The van der Waals surface area contributed by atoms with Gasteiger partial charge in [-0.1, -0.05) is 35.9 Å². The van der Waals surface area contributed by atoms with Gasteiger partial charge in [-0.05, 0) is 35.4 Å². The van der Waals surface area contributed by atoms with E-state index in [2.05, 4.69) is 56.1 Å². The molecule has 30 heavy (non-hydrogen) atoms. The molecule has 0 atom stereocenters. The van der Waals surface area contributed by atoms with E-state index in [1.165, 1.54) is 16.8 Å². The Morgan fingerprint density at radius 2 is 1.63 bits per heavy atom. The molecule has 6 nitrogen and oxygen atoms in total. The zero-order valence-electron chi connectivity index (χ0n) is 17.3. The van der Waals surface area contributed by atoms with E-state index in [-0.39, 0.29) is 0 Å². The van der Waals surface area contributed by atoms with E-state index in [1.54, 1.807) is 0 Å². The maximum Gasteiger partial charge on any atom is 0.191 e. The van der Waals surface area contributed by atoms with Crippen LogP contribution in [0, 0.1) is 0 Å². The number of aliphatic imine (C=N–C) groups is 1. The monoisotopic (exact) mass is 427 g/mol. The van der Waals surface area contributed by atoms with Gasteiger partial charge in [0.2, 0.25) is 0 Å². The van der Waals surface area contributed by atoms with Gasteiger partial charge in [0.1, 0.15) is 0 Å². The maximum atomic E-state index is 6.31. The molecule has 2 aromatic carbocycles. The van der Waals surface area contributed by atoms with Crippen molar-refractivity contribution in [1.82, 2.24) is 9.80 Å². The number of morpholine rings is 1. The number of rotatable bonds is 5. The summed E-state index contributed by atoms with van der Waals surface area (Å²) in [5.74, 6) is 0.629. The first-order valence-electron chi connectivity index (χ1n) is 10.6. The lowest BCUT2D eigenvalue weighted by atomic mass is 10.1. The van der Waals surface area contributed by atoms with Gasteiger partial charge in [-0.2, -0.15) is 0 Å². The minimum atomic E-state index is 0.611. The molecule has 2 saturated heterocycles. The van der Waals surface area contributed by atoms with Gasteiger partial charge in [0, 0.05) is 56.5 Å². The van der Waals surface area contributed by atoms with Gasteiger partial charge >= 0.3 is 0 Å². The lowest BCUT2D eigenvalue weighted by Gasteiger charge is -2.36. The van der Waals surface area contributed by atoms with Gasteiger partial charge in [0.05, 0.1) is 19.8 Å². The molecule has 0 saturated carbocycles. The van der Waals surface area contributed by atoms with E-state index in [1.807, 2.05) is 12.1 Å². The number of benzene rings is 2. The number of hydrogen-bond donors (Lipinski definition) is 1. The average molecular weight is 428 g/mol. The van der Waals surface area contributed by atoms with E-state index < -0.39 is 0 Å². The number of guanidine groups is 1. The highest BCUT2D eigenvalue weighted by molar-refractivity contribution is 6.30. The van der Waals surface area contributed by atoms with Crippen molar-refractivity contribution in [2.75, 3.05) is 57.4 Å². The Morgan fingerprint density at radius 3 is 2.37 bits per heavy atom. The summed E-state index contributed by atoms with van der Waals surface area (Å²) in [7, 11) is 0. The number of anilines is 1. The lowest BCUT2D eigenvalue weighted by molar-refractivity contribution is 0.0342. The largest absolute Gasteiger partial charge is 0.379 e. The fourth-order valence-electron chi connectivity index (χ4n) is 3.96. The Bertz CT molecular complexity index is 843. The van der Waals surface area contributed by atoms with Crippen LogP contribution in [0.15, 0.2) is 53.5 Å². The van der Waals surface area contributed by atoms with Gasteiger partial charge in [0.25, 0.3) is 0 Å². The Labute approximate surface area is 183 Å². The van der Waals surface area contributed by atoms with Gasteiger partial charge < -0.3 is 20.3 Å². The highest BCUT2D eigenvalue weighted by Crippen LogP contribution is 2.19. The predicted octanol–water partition coefficient (Wildman–Crippen LogP) is 2.81. The van der Waals surface area contributed by atoms with Gasteiger partial charge in [-0.25, -0.2) is 4.99 Å². The maximum absolute atomic E-state index is 6.31. The molecule has 4 rings (SSSR count). The fraction of sp³-hybridized carbons (Fsp3) is 0.435. The first-order chi connectivity index (χ1) is 14.7. The number of ether oxygens (including phenoxy) is 1. The van der Waals surface area contributed by atoms with Crippen LogP contribution in [0.25, 0.3) is 0 Å². The predicted molar refractivity (Wildman–Crippen MR) is 123 cm³/mol. The molecule has 2 heterocycles. The molecule has 0 amide bonds. The minimum Gasteiger partial charge on any atom is -0.379 e. The van der Waals surface area contributed by atoms with Crippen LogP contribution in [0.1, 0.15) is 11.1 Å². The van der Waals surface area contributed by atoms with Crippen molar-refractivity contribution in [1.29, 1.82) is 0 Å². The second kappa shape index (κ2) is 10.2. The van der Waals surface area contributed by atoms with E-state index in [0.29, 0.717) is 12.5 Å². The van der Waals surface area contributed by atoms with Gasteiger partial charge in [-0.15, -0.1) is 0 Å². The molecule has 2 aliphatic heterocycles. The highest BCUT2D eigenvalue weighted by Gasteiger charge is 2.18. The van der Waals surface area contributed by atoms with Crippen LogP contribution in [0.5, 0.6) is 0 Å². The number of nitrogens with two attached hydrogens (primary N) is 1. The number of nitrogens with zero attached hydrogens (tertiary/aromatic N) is 4. The highest BCUT2D eigenvalue weighted by atomic mass is 35.5. The van der Waals surface area contributed by atoms with E-state index in [0.717, 1.165) is 64.0 Å². The van der Waals surface area contributed by atoms with Crippen molar-refractivity contribution in [3.05, 3.63) is 64.7 Å². The van der Waals surface area contributed by atoms with Crippen molar-refractivity contribution >= 4 is 23.2 Å². The molecule has 0 aliphatic carbocycles. The van der Waals surface area contributed by atoms with Gasteiger partial charge in [0.15, 0.2) is 5.96 Å². The molecule has 2 N–H and O–H groups in total. The van der Waals surface area contributed by atoms with E-state index in [4.69, 9.17) is 22.1 Å². The minimum absolute atomic E-state index is 0.611. The molecule has 0 bridgehead atoms. The van der Waals surface area contributed by atoms with Crippen molar-refractivity contribution in [2.45, 2.75) is 13.1 Å². The van der Waals surface area contributed by atoms with Crippen molar-refractivity contribution in [3.8, 4) is 0 Å². The Kier molecular flexibility index (Phi) is 7.10. The lowest BCUT2D eigenvalue weighted by Crippen LogP contribution is -2.51. The molecule has 7 heteroatoms. The molecule has 160 valence electrons. The fourth-order valence-corrected chi connectivity index (χ4v) is 4.09. The normalized spacial score (nSPS) is 18.6. The molecule has 0 radical (unpaired) electrons. The van der Waals surface area contributed by atoms with Crippen LogP contribution in [0.3, 0.4) is 0 Å². The second-order valence-electron chi connectivity index (χ2n) is 7.83. The molecule has 0 aromatic heterocycles. The van der Waals surface area contributed by atoms with Crippen molar-refractivity contribution in [2.24, 2.45) is 10.7 Å². The van der Waals surface area contributed by atoms with Crippen molar-refractivity contribution < 1.29 is 4.74 Å². The average Bonchev–Trinajstić information content (AvgIpc) is 2.79. The van der Waals surface area contributed by atoms with E-state index >= 15 is 0 Å². The Balaban J connectivity index is 1.29. The zero-order valence-corrected chi connectivity index (χ0v) is 18.1. The van der Waals surface area contributed by atoms with Crippen LogP contribution in [0.2, 0.25) is 5.02 Å². The molecule has 0 unspecified atom stereocenters. The van der Waals surface area contributed by atoms with Crippen LogP contribution < -0.4 is 10.6 Å². The summed E-state index contributed by atoms with van der Waals surface area (Å²) in [5, 5.41) is 0.766. The standard InChI is InChI=1S/C23H30ClN5O/c24-21-4-6-22(7-5-21)28-8-10-29(11-9-28)23(25)26-17-19-2-1-3-20(16-19)18-27-12-14-30-15-13-27/h1-7,16H,8-15,17-18H2,(H2,25,26). The zero-order chi connectivity index (χ0) is 20.8. The Hall–Kier alpha value is -2.28. The SMILES string of the molecule is NC(=NCc1cccc(CN2CCOCC2)c1)N1CCN(c2ccc(Cl)cc2)CC1. The van der Waals surface area contributed by atoms with Crippen LogP contribution in [0.4, 0.5) is 5.69 Å². The third-order valence-corrected chi connectivity index (χ3v) is 5.97. The second-order valence-corrected chi connectivity index (χ2v) is 8.27. The summed E-state index contributed by atoms with van der Waals surface area (Å²) < 4.78 is 5.43. The Morgan fingerprint density at radius 1 is 0.933 bits per heavy atom. The molecule has 2 fully saturated rings. The first-order valence-corrected chi connectivity index (χ1v) is 11.0. The summed E-state index contributed by atoms with van der Waals surface area (Å²) in [4.78, 5) is 11.6. The van der Waals surface area contributed by atoms with E-state index in [9.17, 15) is 0 Å². The molecule has 0 spiro atoms. The third kappa shape index (κ3) is 5.65. The third-order valence-electron chi connectivity index (χ3n) is 5.72. The summed E-state index contributed by atoms with van der Waals surface area (Å²) in [5.41, 5.74) is 10.0. The van der Waals surface area contributed by atoms with Crippen LogP contribution >= 0.6 is 11.6 Å². The van der Waals surface area contributed by atoms with Crippen LogP contribution in [-0.4, -0.2) is 68.2 Å².